The van der Waals surface area contributed by atoms with E-state index in [9.17, 15) is 13.2 Å². The van der Waals surface area contributed by atoms with Gasteiger partial charge in [-0.25, -0.2) is 0 Å². The van der Waals surface area contributed by atoms with Crippen molar-refractivity contribution in [1.82, 2.24) is 15.5 Å². The molecule has 0 radical (unpaired) electrons. The predicted octanol–water partition coefficient (Wildman–Crippen LogP) is 3.12. The summed E-state index contributed by atoms with van der Waals surface area (Å²) in [6, 6.07) is 5.67. The average molecular weight is 386 g/mol. The van der Waals surface area contributed by atoms with Gasteiger partial charge in [0.15, 0.2) is 5.96 Å². The van der Waals surface area contributed by atoms with Gasteiger partial charge in [0.1, 0.15) is 12.4 Å². The zero-order valence-electron chi connectivity index (χ0n) is 16.1. The SMILES string of the molecule is CN=C(NCCOc1ccc(C(F)(F)F)cc1)NC1CCN(C(C)C)CC1. The zero-order valence-corrected chi connectivity index (χ0v) is 16.1. The Kier molecular flexibility index (Phi) is 7.77. The van der Waals surface area contributed by atoms with E-state index in [0.29, 0.717) is 36.9 Å². The van der Waals surface area contributed by atoms with Crippen LogP contribution in [-0.2, 0) is 6.18 Å². The largest absolute Gasteiger partial charge is 0.492 e. The third-order valence-corrected chi connectivity index (χ3v) is 4.67. The number of halogens is 3. The lowest BCUT2D eigenvalue weighted by Crippen LogP contribution is -2.50. The maximum atomic E-state index is 12.5. The van der Waals surface area contributed by atoms with Gasteiger partial charge in [-0.2, -0.15) is 13.2 Å². The minimum atomic E-state index is -4.33. The van der Waals surface area contributed by atoms with Crippen molar-refractivity contribution >= 4 is 5.96 Å². The summed E-state index contributed by atoms with van der Waals surface area (Å²) in [5, 5.41) is 6.60. The number of rotatable bonds is 6. The fourth-order valence-electron chi connectivity index (χ4n) is 3.03. The lowest BCUT2D eigenvalue weighted by Gasteiger charge is -2.35. The summed E-state index contributed by atoms with van der Waals surface area (Å²) in [5.41, 5.74) is -0.680. The molecule has 1 aliphatic heterocycles. The summed E-state index contributed by atoms with van der Waals surface area (Å²) in [6.07, 6.45) is -2.19. The van der Waals surface area contributed by atoms with E-state index in [1.165, 1.54) is 12.1 Å². The Hall–Kier alpha value is -1.96. The first-order chi connectivity index (χ1) is 12.8. The molecule has 27 heavy (non-hydrogen) atoms. The van der Waals surface area contributed by atoms with E-state index >= 15 is 0 Å². The Morgan fingerprint density at radius 2 is 1.85 bits per heavy atom. The Bertz CT molecular complexity index is 594. The van der Waals surface area contributed by atoms with Gasteiger partial charge in [0.25, 0.3) is 0 Å². The van der Waals surface area contributed by atoms with Gasteiger partial charge in [-0.3, -0.25) is 4.99 Å². The number of hydrogen-bond acceptors (Lipinski definition) is 3. The molecule has 0 aromatic heterocycles. The molecule has 8 heteroatoms. The van der Waals surface area contributed by atoms with E-state index in [0.717, 1.165) is 38.1 Å². The highest BCUT2D eigenvalue weighted by molar-refractivity contribution is 5.79. The fourth-order valence-corrected chi connectivity index (χ4v) is 3.03. The summed E-state index contributed by atoms with van der Waals surface area (Å²) in [6.45, 7) is 7.41. The molecule has 0 amide bonds. The number of nitrogens with one attached hydrogen (secondary N) is 2. The second-order valence-corrected chi connectivity index (χ2v) is 6.92. The molecule has 1 saturated heterocycles. The molecule has 1 aromatic carbocycles. The molecule has 1 heterocycles. The van der Waals surface area contributed by atoms with Crippen molar-refractivity contribution in [2.24, 2.45) is 4.99 Å². The highest BCUT2D eigenvalue weighted by atomic mass is 19.4. The lowest BCUT2D eigenvalue weighted by molar-refractivity contribution is -0.137. The second kappa shape index (κ2) is 9.82. The van der Waals surface area contributed by atoms with Crippen molar-refractivity contribution in [2.45, 2.75) is 44.9 Å². The molecule has 2 N–H and O–H groups in total. The number of nitrogens with zero attached hydrogens (tertiary/aromatic N) is 2. The molecule has 1 aromatic rings. The van der Waals surface area contributed by atoms with Gasteiger partial charge in [0.2, 0.25) is 0 Å². The molecule has 152 valence electrons. The molecular formula is C19H29F3N4O. The van der Waals surface area contributed by atoms with E-state index in [1.54, 1.807) is 7.05 Å². The van der Waals surface area contributed by atoms with E-state index in [4.69, 9.17) is 4.74 Å². The van der Waals surface area contributed by atoms with Crippen LogP contribution in [0.2, 0.25) is 0 Å². The molecular weight excluding hydrogens is 357 g/mol. The Morgan fingerprint density at radius 3 is 2.37 bits per heavy atom. The summed E-state index contributed by atoms with van der Waals surface area (Å²) in [7, 11) is 1.72. The van der Waals surface area contributed by atoms with Crippen molar-refractivity contribution in [3.05, 3.63) is 29.8 Å². The maximum absolute atomic E-state index is 12.5. The van der Waals surface area contributed by atoms with Crippen LogP contribution in [0.3, 0.4) is 0 Å². The fraction of sp³-hybridized carbons (Fsp3) is 0.632. The monoisotopic (exact) mass is 386 g/mol. The van der Waals surface area contributed by atoms with Crippen LogP contribution in [0.15, 0.2) is 29.3 Å². The van der Waals surface area contributed by atoms with Crippen LogP contribution in [0.5, 0.6) is 5.75 Å². The quantitative estimate of drug-likeness (QED) is 0.448. The lowest BCUT2D eigenvalue weighted by atomic mass is 10.0. The van der Waals surface area contributed by atoms with Gasteiger partial charge in [-0.05, 0) is 51.0 Å². The maximum Gasteiger partial charge on any atom is 0.416 e. The summed E-state index contributed by atoms with van der Waals surface area (Å²) < 4.78 is 43.1. The van der Waals surface area contributed by atoms with Gasteiger partial charge in [-0.15, -0.1) is 0 Å². The average Bonchev–Trinajstić information content (AvgIpc) is 2.64. The van der Waals surface area contributed by atoms with Crippen molar-refractivity contribution in [3.63, 3.8) is 0 Å². The highest BCUT2D eigenvalue weighted by Gasteiger charge is 2.30. The third-order valence-electron chi connectivity index (χ3n) is 4.67. The van der Waals surface area contributed by atoms with Gasteiger partial charge < -0.3 is 20.3 Å². The number of ether oxygens (including phenoxy) is 1. The van der Waals surface area contributed by atoms with E-state index in [2.05, 4.69) is 34.4 Å². The zero-order chi connectivity index (χ0) is 19.9. The number of aliphatic imine (C=N–C) groups is 1. The molecule has 0 saturated carbocycles. The molecule has 0 unspecified atom stereocenters. The van der Waals surface area contributed by atoms with Crippen LogP contribution in [0.25, 0.3) is 0 Å². The van der Waals surface area contributed by atoms with Crippen LogP contribution in [-0.4, -0.2) is 56.2 Å². The predicted molar refractivity (Wildman–Crippen MR) is 101 cm³/mol. The Labute approximate surface area is 159 Å². The molecule has 1 aliphatic rings. The van der Waals surface area contributed by atoms with Crippen LogP contribution in [0.4, 0.5) is 13.2 Å². The van der Waals surface area contributed by atoms with E-state index < -0.39 is 11.7 Å². The molecule has 0 atom stereocenters. The number of likely N-dealkylation sites (tertiary alicyclic amines) is 1. The van der Waals surface area contributed by atoms with Crippen molar-refractivity contribution in [1.29, 1.82) is 0 Å². The number of benzene rings is 1. The second-order valence-electron chi connectivity index (χ2n) is 6.92. The van der Waals surface area contributed by atoms with Crippen LogP contribution >= 0.6 is 0 Å². The number of alkyl halides is 3. The normalized spacial score (nSPS) is 17.2. The number of piperidine rings is 1. The molecule has 0 bridgehead atoms. The highest BCUT2D eigenvalue weighted by Crippen LogP contribution is 2.30. The minimum Gasteiger partial charge on any atom is -0.492 e. The molecule has 5 nitrogen and oxygen atoms in total. The van der Waals surface area contributed by atoms with E-state index in [1.807, 2.05) is 0 Å². The summed E-state index contributed by atoms with van der Waals surface area (Å²) in [4.78, 5) is 6.68. The van der Waals surface area contributed by atoms with Crippen molar-refractivity contribution in [2.75, 3.05) is 33.3 Å². The number of hydrogen-bond donors (Lipinski definition) is 2. The van der Waals surface area contributed by atoms with Crippen LogP contribution < -0.4 is 15.4 Å². The van der Waals surface area contributed by atoms with Crippen LogP contribution in [0.1, 0.15) is 32.3 Å². The van der Waals surface area contributed by atoms with Gasteiger partial charge in [0.05, 0.1) is 12.1 Å². The Balaban J connectivity index is 1.68. The minimum absolute atomic E-state index is 0.331. The van der Waals surface area contributed by atoms with Gasteiger partial charge >= 0.3 is 6.18 Å². The standard InChI is InChI=1S/C19H29F3N4O/c1-14(2)26-11-8-16(9-12-26)25-18(23-3)24-10-13-27-17-6-4-15(5-7-17)19(20,21)22/h4-7,14,16H,8-13H2,1-3H3,(H2,23,24,25). The summed E-state index contributed by atoms with van der Waals surface area (Å²) in [5.74, 6) is 1.13. The molecule has 0 aliphatic carbocycles. The first-order valence-electron chi connectivity index (χ1n) is 9.31. The smallest absolute Gasteiger partial charge is 0.416 e. The van der Waals surface area contributed by atoms with Gasteiger partial charge in [-0.1, -0.05) is 0 Å². The van der Waals surface area contributed by atoms with Gasteiger partial charge in [0, 0.05) is 32.2 Å². The van der Waals surface area contributed by atoms with E-state index in [-0.39, 0.29) is 0 Å². The molecule has 1 fully saturated rings. The molecule has 0 spiro atoms. The van der Waals surface area contributed by atoms with Crippen molar-refractivity contribution in [3.8, 4) is 5.75 Å². The molecule has 2 rings (SSSR count). The topological polar surface area (TPSA) is 48.9 Å². The third kappa shape index (κ3) is 6.93. The number of guanidine groups is 1. The first-order valence-corrected chi connectivity index (χ1v) is 9.31. The van der Waals surface area contributed by atoms with Crippen molar-refractivity contribution < 1.29 is 17.9 Å². The summed E-state index contributed by atoms with van der Waals surface area (Å²) >= 11 is 0. The first kappa shape index (κ1) is 21.3. The van der Waals surface area contributed by atoms with Crippen LogP contribution in [0, 0.1) is 0 Å². The Morgan fingerprint density at radius 1 is 1.22 bits per heavy atom.